The van der Waals surface area contributed by atoms with Gasteiger partial charge in [0, 0.05) is 4.88 Å². The van der Waals surface area contributed by atoms with E-state index in [-0.39, 0.29) is 17.1 Å². The van der Waals surface area contributed by atoms with Crippen LogP contribution in [0, 0.1) is 0 Å². The molecule has 3 aromatic heterocycles. The molecular weight excluding hydrogens is 396 g/mol. The number of rotatable bonds is 6. The van der Waals surface area contributed by atoms with Crippen LogP contribution in [0.2, 0.25) is 0 Å². The van der Waals surface area contributed by atoms with E-state index in [0.29, 0.717) is 10.5 Å². The first-order valence-corrected chi connectivity index (χ1v) is 11.2. The molecule has 4 rings (SSSR count). The third kappa shape index (κ3) is 3.63. The summed E-state index contributed by atoms with van der Waals surface area (Å²) in [6.45, 7) is 2.07. The summed E-state index contributed by atoms with van der Waals surface area (Å²) in [5, 5.41) is 3.07. The van der Waals surface area contributed by atoms with Crippen LogP contribution in [0.3, 0.4) is 0 Å². The Morgan fingerprint density at radius 2 is 2.00 bits per heavy atom. The maximum atomic E-state index is 13.2. The van der Waals surface area contributed by atoms with E-state index in [9.17, 15) is 9.59 Å². The number of nitrogens with zero attached hydrogens (tertiary/aromatic N) is 2. The van der Waals surface area contributed by atoms with Gasteiger partial charge in [-0.3, -0.25) is 14.2 Å². The molecule has 0 unspecified atom stereocenters. The fourth-order valence-corrected chi connectivity index (χ4v) is 5.39. The average molecular weight is 413 g/mol. The first-order chi connectivity index (χ1) is 13.2. The number of carbonyl (C=O) groups is 1. The SMILES string of the molecule is CCc1cc2c(=O)n(-c3ccccc3)c(SCC(=O)c3cccs3)nc2s1. The Morgan fingerprint density at radius 1 is 1.19 bits per heavy atom. The van der Waals surface area contributed by atoms with E-state index in [0.717, 1.165) is 26.7 Å². The highest BCUT2D eigenvalue weighted by molar-refractivity contribution is 7.99. The van der Waals surface area contributed by atoms with Crippen molar-refractivity contribution in [2.75, 3.05) is 5.75 Å². The molecule has 0 radical (unpaired) electrons. The standard InChI is InChI=1S/C20H16N2O2S3/c1-2-14-11-15-18(27-14)21-20(26-12-16(23)17-9-6-10-25-17)22(19(15)24)13-7-4-3-5-8-13/h3-11H,2,12H2,1H3. The normalized spacial score (nSPS) is 11.1. The van der Waals surface area contributed by atoms with E-state index in [4.69, 9.17) is 4.98 Å². The Balaban J connectivity index is 1.79. The fourth-order valence-electron chi connectivity index (χ4n) is 2.73. The summed E-state index contributed by atoms with van der Waals surface area (Å²) < 4.78 is 1.61. The molecule has 0 spiro atoms. The summed E-state index contributed by atoms with van der Waals surface area (Å²) in [6.07, 6.45) is 0.866. The molecule has 0 N–H and O–H groups in total. The molecule has 0 aliphatic rings. The van der Waals surface area contributed by atoms with E-state index < -0.39 is 0 Å². The van der Waals surface area contributed by atoms with Gasteiger partial charge < -0.3 is 0 Å². The molecule has 0 amide bonds. The fraction of sp³-hybridized carbons (Fsp3) is 0.150. The number of hydrogen-bond acceptors (Lipinski definition) is 6. The van der Waals surface area contributed by atoms with Gasteiger partial charge in [-0.05, 0) is 36.1 Å². The van der Waals surface area contributed by atoms with Crippen LogP contribution in [-0.4, -0.2) is 21.1 Å². The van der Waals surface area contributed by atoms with Gasteiger partial charge in [-0.25, -0.2) is 4.98 Å². The zero-order valence-corrected chi connectivity index (χ0v) is 17.0. The number of aromatic nitrogens is 2. The number of thioether (sulfide) groups is 1. The lowest BCUT2D eigenvalue weighted by Gasteiger charge is -2.11. The van der Waals surface area contributed by atoms with Crippen molar-refractivity contribution in [3.63, 3.8) is 0 Å². The molecule has 0 saturated carbocycles. The van der Waals surface area contributed by atoms with Crippen molar-refractivity contribution >= 4 is 50.4 Å². The zero-order chi connectivity index (χ0) is 18.8. The van der Waals surface area contributed by atoms with Crippen molar-refractivity contribution in [3.8, 4) is 5.69 Å². The number of benzene rings is 1. The van der Waals surface area contributed by atoms with Crippen LogP contribution < -0.4 is 5.56 Å². The number of ketones is 1. The molecule has 0 atom stereocenters. The smallest absolute Gasteiger partial charge is 0.267 e. The third-order valence-corrected chi connectivity index (χ3v) is 7.10. The van der Waals surface area contributed by atoms with Gasteiger partial charge in [0.1, 0.15) is 4.83 Å². The number of hydrogen-bond donors (Lipinski definition) is 0. The maximum Gasteiger partial charge on any atom is 0.267 e. The number of aryl methyl sites for hydroxylation is 1. The molecule has 0 saturated heterocycles. The van der Waals surface area contributed by atoms with Crippen LogP contribution in [0.5, 0.6) is 0 Å². The van der Waals surface area contributed by atoms with E-state index >= 15 is 0 Å². The predicted molar refractivity (Wildman–Crippen MR) is 114 cm³/mol. The Kier molecular flexibility index (Phi) is 5.24. The van der Waals surface area contributed by atoms with E-state index in [2.05, 4.69) is 6.92 Å². The summed E-state index contributed by atoms with van der Waals surface area (Å²) in [5.41, 5.74) is 0.667. The molecule has 1 aromatic carbocycles. The lowest BCUT2D eigenvalue weighted by atomic mass is 10.3. The van der Waals surface area contributed by atoms with Crippen LogP contribution in [0.15, 0.2) is 63.9 Å². The Labute approximate surface area is 168 Å². The number of Topliss-reactive ketones (excluding diaryl/α,β-unsaturated/α-hetero) is 1. The third-order valence-electron chi connectivity index (χ3n) is 4.08. The van der Waals surface area contributed by atoms with Gasteiger partial charge in [-0.1, -0.05) is 43.0 Å². The molecule has 27 heavy (non-hydrogen) atoms. The largest absolute Gasteiger partial charge is 0.292 e. The minimum Gasteiger partial charge on any atom is -0.292 e. The van der Waals surface area contributed by atoms with Crippen molar-refractivity contribution in [3.05, 3.63) is 74.0 Å². The number of thiophene rings is 2. The summed E-state index contributed by atoms with van der Waals surface area (Å²) in [7, 11) is 0. The van der Waals surface area contributed by atoms with Crippen molar-refractivity contribution in [1.82, 2.24) is 9.55 Å². The number of fused-ring (bicyclic) bond motifs is 1. The van der Waals surface area contributed by atoms with Gasteiger partial charge in [0.2, 0.25) is 0 Å². The van der Waals surface area contributed by atoms with Gasteiger partial charge in [0.25, 0.3) is 5.56 Å². The van der Waals surface area contributed by atoms with Gasteiger partial charge in [0.15, 0.2) is 10.9 Å². The highest BCUT2D eigenvalue weighted by Crippen LogP contribution is 2.27. The summed E-state index contributed by atoms with van der Waals surface area (Å²) in [5.74, 6) is 0.293. The summed E-state index contributed by atoms with van der Waals surface area (Å²) in [4.78, 5) is 32.9. The van der Waals surface area contributed by atoms with E-state index in [1.807, 2.05) is 53.9 Å². The van der Waals surface area contributed by atoms with Crippen molar-refractivity contribution in [2.45, 2.75) is 18.5 Å². The molecule has 0 fully saturated rings. The van der Waals surface area contributed by atoms with Crippen molar-refractivity contribution in [1.29, 1.82) is 0 Å². The topological polar surface area (TPSA) is 52.0 Å². The maximum absolute atomic E-state index is 13.2. The van der Waals surface area contributed by atoms with Crippen LogP contribution >= 0.6 is 34.4 Å². The monoisotopic (exact) mass is 412 g/mol. The highest BCUT2D eigenvalue weighted by Gasteiger charge is 2.17. The minimum absolute atomic E-state index is 0.0457. The molecule has 136 valence electrons. The summed E-state index contributed by atoms with van der Waals surface area (Å²) in [6, 6.07) is 15.1. The summed E-state index contributed by atoms with van der Waals surface area (Å²) >= 11 is 4.28. The Morgan fingerprint density at radius 3 is 2.70 bits per heavy atom. The zero-order valence-electron chi connectivity index (χ0n) is 14.5. The molecule has 7 heteroatoms. The second-order valence-electron chi connectivity index (χ2n) is 5.84. The number of carbonyl (C=O) groups excluding carboxylic acids is 1. The van der Waals surface area contributed by atoms with Gasteiger partial charge in [-0.2, -0.15) is 0 Å². The van der Waals surface area contributed by atoms with Gasteiger partial charge in [-0.15, -0.1) is 22.7 Å². The Bertz CT molecular complexity index is 1150. The molecular formula is C20H16N2O2S3. The second kappa shape index (κ2) is 7.80. The highest BCUT2D eigenvalue weighted by atomic mass is 32.2. The molecule has 0 aliphatic carbocycles. The average Bonchev–Trinajstić information content (AvgIpc) is 3.36. The Hall–Kier alpha value is -2.22. The molecule has 0 bridgehead atoms. The molecule has 3 heterocycles. The van der Waals surface area contributed by atoms with Crippen LogP contribution in [0.1, 0.15) is 21.5 Å². The van der Waals surface area contributed by atoms with E-state index in [1.54, 1.807) is 15.9 Å². The molecule has 4 aromatic rings. The predicted octanol–water partition coefficient (Wildman–Crippen LogP) is 5.05. The van der Waals surface area contributed by atoms with Crippen molar-refractivity contribution < 1.29 is 4.79 Å². The van der Waals surface area contributed by atoms with Crippen molar-refractivity contribution in [2.24, 2.45) is 0 Å². The van der Waals surface area contributed by atoms with Crippen LogP contribution in [0.25, 0.3) is 15.9 Å². The lowest BCUT2D eigenvalue weighted by molar-refractivity contribution is 0.102. The quantitative estimate of drug-likeness (QED) is 0.253. The van der Waals surface area contributed by atoms with E-state index in [1.165, 1.54) is 23.1 Å². The number of para-hydroxylation sites is 1. The van der Waals surface area contributed by atoms with Crippen LogP contribution in [0.4, 0.5) is 0 Å². The van der Waals surface area contributed by atoms with Gasteiger partial charge in [0.05, 0.1) is 21.7 Å². The first-order valence-electron chi connectivity index (χ1n) is 8.47. The lowest BCUT2D eigenvalue weighted by Crippen LogP contribution is -2.21. The molecule has 0 aliphatic heterocycles. The first kappa shape index (κ1) is 18.2. The minimum atomic E-state index is -0.0896. The second-order valence-corrected chi connectivity index (χ2v) is 8.85. The van der Waals surface area contributed by atoms with Crippen LogP contribution in [-0.2, 0) is 6.42 Å². The van der Waals surface area contributed by atoms with Gasteiger partial charge >= 0.3 is 0 Å². The molecule has 4 nitrogen and oxygen atoms in total.